The molecule has 0 aliphatic carbocycles. The minimum absolute atomic E-state index is 0.197. The zero-order chi connectivity index (χ0) is 11.5. The van der Waals surface area contributed by atoms with Gasteiger partial charge in [-0.2, -0.15) is 5.10 Å². The Morgan fingerprint density at radius 2 is 2.06 bits per heavy atom. The highest BCUT2D eigenvalue weighted by atomic mass is 35.5. The fraction of sp³-hybridized carbons (Fsp3) is 0.600. The van der Waals surface area contributed by atoms with Crippen LogP contribution in [0.25, 0.3) is 0 Å². The summed E-state index contributed by atoms with van der Waals surface area (Å²) >= 11 is 5.96. The molecule has 0 bridgehead atoms. The van der Waals surface area contributed by atoms with Gasteiger partial charge in [-0.25, -0.2) is 9.69 Å². The number of aryl methyl sites for hydroxylation is 1. The third kappa shape index (κ3) is 2.36. The fourth-order valence-corrected chi connectivity index (χ4v) is 1.98. The van der Waals surface area contributed by atoms with Gasteiger partial charge in [0.1, 0.15) is 5.02 Å². The van der Waals surface area contributed by atoms with Crippen LogP contribution in [0.4, 0.5) is 5.69 Å². The number of aromatic nitrogens is 2. The van der Waals surface area contributed by atoms with Crippen LogP contribution in [-0.4, -0.2) is 27.9 Å². The van der Waals surface area contributed by atoms with E-state index in [1.165, 1.54) is 23.9 Å². The van der Waals surface area contributed by atoms with Gasteiger partial charge in [0.05, 0.1) is 11.9 Å². The van der Waals surface area contributed by atoms with Gasteiger partial charge in [-0.3, -0.25) is 4.79 Å². The van der Waals surface area contributed by atoms with E-state index in [0.717, 1.165) is 13.1 Å². The fourth-order valence-electron chi connectivity index (χ4n) is 1.76. The van der Waals surface area contributed by atoms with Crippen molar-refractivity contribution in [2.45, 2.75) is 19.3 Å². The van der Waals surface area contributed by atoms with E-state index in [-0.39, 0.29) is 10.6 Å². The first kappa shape index (κ1) is 11.4. The molecule has 0 saturated carbocycles. The summed E-state index contributed by atoms with van der Waals surface area (Å²) in [6, 6.07) is 0. The summed E-state index contributed by atoms with van der Waals surface area (Å²) in [4.78, 5) is 11.5. The zero-order valence-electron chi connectivity index (χ0n) is 9.24. The zero-order valence-corrected chi connectivity index (χ0v) is 10.00. The van der Waals surface area contributed by atoms with Crippen LogP contribution in [0.2, 0.25) is 5.02 Å². The van der Waals surface area contributed by atoms with Gasteiger partial charge in [-0.15, -0.1) is 0 Å². The van der Waals surface area contributed by atoms with Crippen LogP contribution in [0.3, 0.4) is 0 Å². The van der Waals surface area contributed by atoms with Crippen molar-refractivity contribution in [3.63, 3.8) is 0 Å². The molecule has 0 aromatic carbocycles. The minimum Gasteiger partial charge on any atom is -0.316 e. The lowest BCUT2D eigenvalue weighted by atomic mass is 10.2. The maximum atomic E-state index is 11.5. The third-order valence-electron chi connectivity index (χ3n) is 2.71. The molecular formula is C10H15ClN4O. The van der Waals surface area contributed by atoms with E-state index in [9.17, 15) is 4.79 Å². The highest BCUT2D eigenvalue weighted by Gasteiger charge is 2.13. The Hall–Kier alpha value is -1.07. The molecule has 0 unspecified atom stereocenters. The number of hydrazine groups is 1. The van der Waals surface area contributed by atoms with Crippen molar-refractivity contribution >= 4 is 17.3 Å². The molecule has 16 heavy (non-hydrogen) atoms. The summed E-state index contributed by atoms with van der Waals surface area (Å²) in [5, 5.41) is 6.21. The molecule has 0 atom stereocenters. The first-order valence-corrected chi connectivity index (χ1v) is 5.79. The molecule has 1 aliphatic heterocycles. The molecule has 0 amide bonds. The Kier molecular flexibility index (Phi) is 3.46. The predicted octanol–water partition coefficient (Wildman–Crippen LogP) is 1.25. The second kappa shape index (κ2) is 4.84. The molecule has 88 valence electrons. The molecule has 1 saturated heterocycles. The highest BCUT2D eigenvalue weighted by Crippen LogP contribution is 2.17. The number of hydrogen-bond donors (Lipinski definition) is 1. The van der Waals surface area contributed by atoms with Crippen LogP contribution in [0.5, 0.6) is 0 Å². The van der Waals surface area contributed by atoms with Gasteiger partial charge in [0.2, 0.25) is 0 Å². The molecule has 1 aliphatic rings. The first-order chi connectivity index (χ1) is 7.68. The Labute approximate surface area is 99.0 Å². The summed E-state index contributed by atoms with van der Waals surface area (Å²) in [6.45, 7) is 1.96. The molecule has 1 N–H and O–H groups in total. The van der Waals surface area contributed by atoms with Crippen LogP contribution in [0, 0.1) is 0 Å². The molecule has 2 heterocycles. The maximum absolute atomic E-state index is 11.5. The van der Waals surface area contributed by atoms with Crippen molar-refractivity contribution in [2.24, 2.45) is 7.05 Å². The number of halogens is 1. The monoisotopic (exact) mass is 242 g/mol. The van der Waals surface area contributed by atoms with Crippen LogP contribution in [0.1, 0.15) is 19.3 Å². The molecule has 1 aromatic heterocycles. The molecule has 6 heteroatoms. The Morgan fingerprint density at radius 1 is 1.38 bits per heavy atom. The van der Waals surface area contributed by atoms with Crippen molar-refractivity contribution in [2.75, 3.05) is 18.5 Å². The summed E-state index contributed by atoms with van der Waals surface area (Å²) < 4.78 is 1.23. The standard InChI is InChI=1S/C10H15ClN4O/c1-14-10(16)9(11)8(7-12-14)13-15-5-3-2-4-6-15/h7,13H,2-6H2,1H3. The van der Waals surface area contributed by atoms with E-state index >= 15 is 0 Å². The van der Waals surface area contributed by atoms with Crippen LogP contribution in [0.15, 0.2) is 11.0 Å². The molecule has 5 nitrogen and oxygen atoms in total. The Morgan fingerprint density at radius 3 is 2.75 bits per heavy atom. The maximum Gasteiger partial charge on any atom is 0.287 e. The van der Waals surface area contributed by atoms with E-state index in [2.05, 4.69) is 15.5 Å². The molecular weight excluding hydrogens is 228 g/mol. The molecule has 0 spiro atoms. The molecule has 1 aromatic rings. The Balaban J connectivity index is 2.15. The molecule has 2 rings (SSSR count). The average Bonchev–Trinajstić information content (AvgIpc) is 2.31. The van der Waals surface area contributed by atoms with E-state index in [1.807, 2.05) is 0 Å². The summed E-state index contributed by atoms with van der Waals surface area (Å²) in [5.74, 6) is 0. The summed E-state index contributed by atoms with van der Waals surface area (Å²) in [6.07, 6.45) is 5.19. The average molecular weight is 243 g/mol. The van der Waals surface area contributed by atoms with Gasteiger partial charge in [-0.05, 0) is 12.8 Å². The number of hydrogen-bond acceptors (Lipinski definition) is 4. The third-order valence-corrected chi connectivity index (χ3v) is 3.08. The Bertz CT molecular complexity index is 425. The van der Waals surface area contributed by atoms with Crippen molar-refractivity contribution in [1.29, 1.82) is 0 Å². The van der Waals surface area contributed by atoms with E-state index in [0.29, 0.717) is 5.69 Å². The second-order valence-corrected chi connectivity index (χ2v) is 4.34. The summed E-state index contributed by atoms with van der Waals surface area (Å²) in [5.41, 5.74) is 3.46. The van der Waals surface area contributed by atoms with Crippen molar-refractivity contribution in [1.82, 2.24) is 14.8 Å². The quantitative estimate of drug-likeness (QED) is 0.848. The summed E-state index contributed by atoms with van der Waals surface area (Å²) in [7, 11) is 1.58. The van der Waals surface area contributed by atoms with Gasteiger partial charge in [0.15, 0.2) is 0 Å². The second-order valence-electron chi connectivity index (χ2n) is 3.96. The van der Waals surface area contributed by atoms with Gasteiger partial charge >= 0.3 is 0 Å². The first-order valence-electron chi connectivity index (χ1n) is 5.42. The molecule has 0 radical (unpaired) electrons. The number of anilines is 1. The highest BCUT2D eigenvalue weighted by molar-refractivity contribution is 6.32. The van der Waals surface area contributed by atoms with E-state index in [4.69, 9.17) is 11.6 Å². The number of nitrogens with zero attached hydrogens (tertiary/aromatic N) is 3. The van der Waals surface area contributed by atoms with E-state index in [1.54, 1.807) is 13.2 Å². The topological polar surface area (TPSA) is 50.2 Å². The predicted molar refractivity (Wildman–Crippen MR) is 63.5 cm³/mol. The largest absolute Gasteiger partial charge is 0.316 e. The van der Waals surface area contributed by atoms with Crippen molar-refractivity contribution in [3.8, 4) is 0 Å². The molecule has 1 fully saturated rings. The van der Waals surface area contributed by atoms with Crippen LogP contribution < -0.4 is 11.0 Å². The number of nitrogens with one attached hydrogen (secondary N) is 1. The minimum atomic E-state index is -0.274. The van der Waals surface area contributed by atoms with Gasteiger partial charge in [0.25, 0.3) is 5.56 Å². The normalized spacial score (nSPS) is 17.4. The smallest absolute Gasteiger partial charge is 0.287 e. The van der Waals surface area contributed by atoms with Crippen molar-refractivity contribution in [3.05, 3.63) is 21.6 Å². The lowest BCUT2D eigenvalue weighted by Crippen LogP contribution is -2.36. The lowest BCUT2D eigenvalue weighted by Gasteiger charge is -2.27. The van der Waals surface area contributed by atoms with Crippen molar-refractivity contribution < 1.29 is 0 Å². The van der Waals surface area contributed by atoms with Gasteiger partial charge < -0.3 is 5.43 Å². The van der Waals surface area contributed by atoms with E-state index < -0.39 is 0 Å². The number of rotatable bonds is 2. The van der Waals surface area contributed by atoms with Crippen LogP contribution in [-0.2, 0) is 7.05 Å². The van der Waals surface area contributed by atoms with Gasteiger partial charge in [-0.1, -0.05) is 18.0 Å². The van der Waals surface area contributed by atoms with Gasteiger partial charge in [0, 0.05) is 20.1 Å². The number of piperidine rings is 1. The SMILES string of the molecule is Cn1ncc(NN2CCCCC2)c(Cl)c1=O. The lowest BCUT2D eigenvalue weighted by molar-refractivity contribution is 0.273. The van der Waals surface area contributed by atoms with Crippen LogP contribution >= 0.6 is 11.6 Å².